The van der Waals surface area contributed by atoms with Crippen LogP contribution in [-0.4, -0.2) is 36.0 Å². The molecule has 0 spiro atoms. The SMILES string of the molecule is CCCNC(C)(CSc1cccc(OC)c1)C(=O)O. The number of rotatable bonds is 8. The molecule has 1 aromatic carbocycles. The van der Waals surface area contributed by atoms with E-state index in [0.29, 0.717) is 12.3 Å². The van der Waals surface area contributed by atoms with E-state index in [1.165, 1.54) is 11.8 Å². The van der Waals surface area contributed by atoms with Crippen molar-refractivity contribution in [2.75, 3.05) is 19.4 Å². The van der Waals surface area contributed by atoms with Gasteiger partial charge in [0, 0.05) is 10.6 Å². The summed E-state index contributed by atoms with van der Waals surface area (Å²) in [5, 5.41) is 12.4. The summed E-state index contributed by atoms with van der Waals surface area (Å²) in [5.41, 5.74) is -0.913. The van der Waals surface area contributed by atoms with Crippen LogP contribution in [0.5, 0.6) is 5.75 Å². The van der Waals surface area contributed by atoms with Gasteiger partial charge in [0.05, 0.1) is 7.11 Å². The summed E-state index contributed by atoms with van der Waals surface area (Å²) < 4.78 is 5.15. The Kier molecular flexibility index (Phi) is 6.18. The summed E-state index contributed by atoms with van der Waals surface area (Å²) in [6, 6.07) is 7.64. The van der Waals surface area contributed by atoms with Crippen molar-refractivity contribution in [1.29, 1.82) is 0 Å². The molecular formula is C14H21NO3S. The summed E-state index contributed by atoms with van der Waals surface area (Å²) in [6.07, 6.45) is 0.909. The monoisotopic (exact) mass is 283 g/mol. The topological polar surface area (TPSA) is 58.6 Å². The van der Waals surface area contributed by atoms with Crippen molar-refractivity contribution >= 4 is 17.7 Å². The predicted molar refractivity (Wildman–Crippen MR) is 78.1 cm³/mol. The number of methoxy groups -OCH3 is 1. The second-order valence-electron chi connectivity index (χ2n) is 4.53. The lowest BCUT2D eigenvalue weighted by atomic mass is 10.1. The normalized spacial score (nSPS) is 13.8. The zero-order valence-corrected chi connectivity index (χ0v) is 12.4. The molecule has 0 aliphatic heterocycles. The lowest BCUT2D eigenvalue weighted by Gasteiger charge is -2.25. The van der Waals surface area contributed by atoms with Gasteiger partial charge in [0.1, 0.15) is 11.3 Å². The summed E-state index contributed by atoms with van der Waals surface area (Å²) in [4.78, 5) is 12.4. The number of hydrogen-bond donors (Lipinski definition) is 2. The molecule has 0 fully saturated rings. The van der Waals surface area contributed by atoms with Gasteiger partial charge < -0.3 is 15.2 Å². The first-order chi connectivity index (χ1) is 9.01. The van der Waals surface area contributed by atoms with Gasteiger partial charge in [-0.25, -0.2) is 0 Å². The first kappa shape index (κ1) is 15.9. The summed E-state index contributed by atoms with van der Waals surface area (Å²) in [7, 11) is 1.62. The highest BCUT2D eigenvalue weighted by molar-refractivity contribution is 7.99. The Bertz CT molecular complexity index is 425. The van der Waals surface area contributed by atoms with E-state index in [1.54, 1.807) is 14.0 Å². The second kappa shape index (κ2) is 7.40. The molecule has 0 radical (unpaired) electrons. The quantitative estimate of drug-likeness (QED) is 0.718. The molecule has 0 aliphatic rings. The van der Waals surface area contributed by atoms with Crippen LogP contribution in [0.2, 0.25) is 0 Å². The van der Waals surface area contributed by atoms with Crippen LogP contribution in [0.15, 0.2) is 29.2 Å². The molecule has 0 amide bonds. The summed E-state index contributed by atoms with van der Waals surface area (Å²) in [5.74, 6) is 0.426. The van der Waals surface area contributed by atoms with Crippen molar-refractivity contribution in [2.45, 2.75) is 30.7 Å². The molecule has 5 heteroatoms. The van der Waals surface area contributed by atoms with E-state index in [4.69, 9.17) is 4.74 Å². The Balaban J connectivity index is 2.67. The van der Waals surface area contributed by atoms with Crippen molar-refractivity contribution in [3.05, 3.63) is 24.3 Å². The van der Waals surface area contributed by atoms with Crippen LogP contribution in [0.3, 0.4) is 0 Å². The minimum Gasteiger partial charge on any atom is -0.497 e. The lowest BCUT2D eigenvalue weighted by molar-refractivity contribution is -0.143. The van der Waals surface area contributed by atoms with Crippen molar-refractivity contribution in [1.82, 2.24) is 5.32 Å². The largest absolute Gasteiger partial charge is 0.497 e. The molecule has 1 aromatic rings. The minimum absolute atomic E-state index is 0.468. The van der Waals surface area contributed by atoms with Gasteiger partial charge in [-0.05, 0) is 38.1 Å². The highest BCUT2D eigenvalue weighted by Gasteiger charge is 2.32. The van der Waals surface area contributed by atoms with E-state index in [-0.39, 0.29) is 0 Å². The van der Waals surface area contributed by atoms with Crippen LogP contribution in [0.1, 0.15) is 20.3 Å². The number of nitrogens with one attached hydrogen (secondary N) is 1. The van der Waals surface area contributed by atoms with Gasteiger partial charge in [-0.2, -0.15) is 0 Å². The molecule has 19 heavy (non-hydrogen) atoms. The standard InChI is InChI=1S/C14H21NO3S/c1-4-8-15-14(2,13(16)17)10-19-12-7-5-6-11(9-12)18-3/h5-7,9,15H,4,8,10H2,1-3H3,(H,16,17). The molecule has 106 valence electrons. The Morgan fingerprint density at radius 3 is 2.84 bits per heavy atom. The van der Waals surface area contributed by atoms with Gasteiger partial charge in [-0.1, -0.05) is 13.0 Å². The van der Waals surface area contributed by atoms with Gasteiger partial charge in [0.25, 0.3) is 0 Å². The number of thioether (sulfide) groups is 1. The van der Waals surface area contributed by atoms with E-state index in [9.17, 15) is 9.90 Å². The third kappa shape index (κ3) is 4.76. The molecule has 0 heterocycles. The van der Waals surface area contributed by atoms with Crippen LogP contribution in [0, 0.1) is 0 Å². The number of carbonyl (C=O) groups is 1. The van der Waals surface area contributed by atoms with Gasteiger partial charge in [-0.15, -0.1) is 11.8 Å². The van der Waals surface area contributed by atoms with Crippen LogP contribution in [-0.2, 0) is 4.79 Å². The molecule has 0 aliphatic carbocycles. The Morgan fingerprint density at radius 2 is 2.26 bits per heavy atom. The maximum absolute atomic E-state index is 11.4. The summed E-state index contributed by atoms with van der Waals surface area (Å²) in [6.45, 7) is 4.43. The molecule has 1 atom stereocenters. The average Bonchev–Trinajstić information content (AvgIpc) is 2.43. The molecule has 0 saturated carbocycles. The van der Waals surface area contributed by atoms with Gasteiger partial charge >= 0.3 is 5.97 Å². The van der Waals surface area contributed by atoms with E-state index in [1.807, 2.05) is 31.2 Å². The highest BCUT2D eigenvalue weighted by atomic mass is 32.2. The maximum Gasteiger partial charge on any atom is 0.324 e. The maximum atomic E-state index is 11.4. The second-order valence-corrected chi connectivity index (χ2v) is 5.58. The molecule has 4 nitrogen and oxygen atoms in total. The first-order valence-electron chi connectivity index (χ1n) is 6.27. The van der Waals surface area contributed by atoms with E-state index in [2.05, 4.69) is 5.32 Å². The third-order valence-corrected chi connectivity index (χ3v) is 4.11. The Labute approximate surface area is 118 Å². The Hall–Kier alpha value is -1.20. The first-order valence-corrected chi connectivity index (χ1v) is 7.25. The molecule has 1 unspecified atom stereocenters. The van der Waals surface area contributed by atoms with Crippen LogP contribution >= 0.6 is 11.8 Å². The van der Waals surface area contributed by atoms with Crippen molar-refractivity contribution < 1.29 is 14.6 Å². The van der Waals surface area contributed by atoms with Gasteiger partial charge in [0.2, 0.25) is 0 Å². The highest BCUT2D eigenvalue weighted by Crippen LogP contribution is 2.26. The number of benzene rings is 1. The number of hydrogen-bond acceptors (Lipinski definition) is 4. The molecular weight excluding hydrogens is 262 g/mol. The van der Waals surface area contributed by atoms with E-state index < -0.39 is 11.5 Å². The number of aliphatic carboxylic acids is 1. The van der Waals surface area contributed by atoms with Crippen LogP contribution in [0.25, 0.3) is 0 Å². The number of ether oxygens (including phenoxy) is 1. The minimum atomic E-state index is -0.913. The average molecular weight is 283 g/mol. The molecule has 0 saturated heterocycles. The fourth-order valence-electron chi connectivity index (χ4n) is 1.51. The zero-order valence-electron chi connectivity index (χ0n) is 11.6. The van der Waals surface area contributed by atoms with Gasteiger partial charge in [-0.3, -0.25) is 4.79 Å². The zero-order chi connectivity index (χ0) is 14.3. The predicted octanol–water partition coefficient (Wildman–Crippen LogP) is 2.63. The molecule has 0 bridgehead atoms. The fraction of sp³-hybridized carbons (Fsp3) is 0.500. The number of carboxylic acid groups (broad SMARTS) is 1. The van der Waals surface area contributed by atoms with Crippen molar-refractivity contribution in [3.63, 3.8) is 0 Å². The van der Waals surface area contributed by atoms with E-state index >= 15 is 0 Å². The fourth-order valence-corrected chi connectivity index (χ4v) is 2.56. The molecule has 0 aromatic heterocycles. The van der Waals surface area contributed by atoms with E-state index in [0.717, 1.165) is 17.1 Å². The lowest BCUT2D eigenvalue weighted by Crippen LogP contribution is -2.51. The van der Waals surface area contributed by atoms with Crippen molar-refractivity contribution in [3.8, 4) is 5.75 Å². The van der Waals surface area contributed by atoms with Crippen LogP contribution in [0.4, 0.5) is 0 Å². The number of carboxylic acids is 1. The van der Waals surface area contributed by atoms with Crippen molar-refractivity contribution in [2.24, 2.45) is 0 Å². The molecule has 1 rings (SSSR count). The molecule has 2 N–H and O–H groups in total. The Morgan fingerprint density at radius 1 is 1.53 bits per heavy atom. The van der Waals surface area contributed by atoms with Gasteiger partial charge in [0.15, 0.2) is 0 Å². The van der Waals surface area contributed by atoms with Crippen LogP contribution < -0.4 is 10.1 Å². The summed E-state index contributed by atoms with van der Waals surface area (Å²) >= 11 is 1.51. The third-order valence-electron chi connectivity index (χ3n) is 2.81. The smallest absolute Gasteiger partial charge is 0.324 e.